The van der Waals surface area contributed by atoms with E-state index in [0.29, 0.717) is 0 Å². The minimum Gasteiger partial charge on any atom is -0.311 e. The summed E-state index contributed by atoms with van der Waals surface area (Å²) in [5.74, 6) is 0.241. The Balaban J connectivity index is 0.867. The molecule has 10 aromatic carbocycles. The molecule has 11 rings (SSSR count). The van der Waals surface area contributed by atoms with Gasteiger partial charge in [0.05, 0.1) is 0 Å². The Morgan fingerprint density at radius 1 is 0.314 bits per heavy atom. The van der Waals surface area contributed by atoms with Crippen molar-refractivity contribution >= 4 is 34.5 Å². The highest BCUT2D eigenvalue weighted by atomic mass is 15.1. The highest BCUT2D eigenvalue weighted by molar-refractivity contribution is 5.81. The summed E-state index contributed by atoms with van der Waals surface area (Å²) in [6.45, 7) is 3.93. The van der Waals surface area contributed by atoms with Crippen LogP contribution >= 0.6 is 0 Å². The molecule has 334 valence electrons. The normalized spacial score (nSPS) is 13.0. The summed E-state index contributed by atoms with van der Waals surface area (Å²) >= 11 is 0. The van der Waals surface area contributed by atoms with Crippen LogP contribution in [0, 0.1) is 0 Å². The molecule has 0 heterocycles. The lowest BCUT2D eigenvalue weighted by Crippen LogP contribution is -2.17. The third kappa shape index (κ3) is 9.45. The number of benzene rings is 10. The van der Waals surface area contributed by atoms with Crippen molar-refractivity contribution in [2.75, 3.05) is 9.80 Å². The van der Waals surface area contributed by atoms with Crippen molar-refractivity contribution in [2.45, 2.75) is 12.3 Å². The van der Waals surface area contributed by atoms with Crippen molar-refractivity contribution in [1.82, 2.24) is 0 Å². The number of nitrogens with zero attached hydrogens (tertiary/aromatic N) is 2. The molecule has 0 saturated carbocycles. The van der Waals surface area contributed by atoms with E-state index in [1.807, 2.05) is 6.08 Å². The first-order chi connectivity index (χ1) is 34.6. The van der Waals surface area contributed by atoms with E-state index in [2.05, 4.69) is 295 Å². The molecule has 0 bridgehead atoms. The van der Waals surface area contributed by atoms with Crippen LogP contribution in [0.5, 0.6) is 0 Å². The van der Waals surface area contributed by atoms with Crippen LogP contribution in [0.1, 0.15) is 23.5 Å². The maximum atomic E-state index is 3.93. The van der Waals surface area contributed by atoms with Crippen LogP contribution < -0.4 is 9.80 Å². The van der Waals surface area contributed by atoms with Crippen LogP contribution in [0.25, 0.3) is 61.7 Å². The highest BCUT2D eigenvalue weighted by Crippen LogP contribution is 2.40. The summed E-state index contributed by atoms with van der Waals surface area (Å²) in [5.41, 5.74) is 21.1. The molecule has 0 radical (unpaired) electrons. The quantitative estimate of drug-likeness (QED) is 0.114. The van der Waals surface area contributed by atoms with E-state index in [1.54, 1.807) is 0 Å². The van der Waals surface area contributed by atoms with E-state index in [-0.39, 0.29) is 5.92 Å². The molecule has 10 aromatic rings. The van der Waals surface area contributed by atoms with Crippen molar-refractivity contribution in [3.8, 4) is 55.6 Å². The summed E-state index contributed by atoms with van der Waals surface area (Å²) in [7, 11) is 0. The molecule has 0 amide bonds. The van der Waals surface area contributed by atoms with Crippen molar-refractivity contribution in [2.24, 2.45) is 0 Å². The van der Waals surface area contributed by atoms with Gasteiger partial charge in [-0.25, -0.2) is 0 Å². The molecule has 0 aliphatic heterocycles. The third-order valence-electron chi connectivity index (χ3n) is 13.4. The average Bonchev–Trinajstić information content (AvgIpc) is 3.45. The highest BCUT2D eigenvalue weighted by Gasteiger charge is 2.20. The van der Waals surface area contributed by atoms with Gasteiger partial charge in [0, 0.05) is 40.1 Å². The number of allylic oxidation sites excluding steroid dienone is 3. The smallest absolute Gasteiger partial charge is 0.0462 e. The number of hydrogen-bond donors (Lipinski definition) is 0. The van der Waals surface area contributed by atoms with Crippen LogP contribution in [-0.2, 0) is 0 Å². The van der Waals surface area contributed by atoms with Gasteiger partial charge in [-0.1, -0.05) is 225 Å². The summed E-state index contributed by atoms with van der Waals surface area (Å²) in [6, 6.07) is 94.0. The summed E-state index contributed by atoms with van der Waals surface area (Å²) in [4.78, 5) is 4.74. The monoisotopic (exact) mass is 896 g/mol. The van der Waals surface area contributed by atoms with Crippen LogP contribution in [0.2, 0.25) is 0 Å². The fourth-order valence-electron chi connectivity index (χ4n) is 9.56. The molecule has 0 fully saturated rings. The van der Waals surface area contributed by atoms with Gasteiger partial charge < -0.3 is 9.80 Å². The maximum absolute atomic E-state index is 3.93. The fourth-order valence-corrected chi connectivity index (χ4v) is 9.56. The third-order valence-corrected chi connectivity index (χ3v) is 13.4. The number of rotatable bonds is 13. The SMILES string of the molecule is C=Cc1ccc(-c2ccc(N(C3=CCC(c4ccc(N(c5ccc(-c6ccccc6)cc5)c5ccc(-c6ccccc6)cc5)cc4)C=C3)c3ccc(-c4ccc(-c5ccccc5)cc4)cc3)cc2)cc1. The lowest BCUT2D eigenvalue weighted by molar-refractivity contribution is 0.840. The minimum absolute atomic E-state index is 0.241. The van der Waals surface area contributed by atoms with Crippen molar-refractivity contribution in [1.29, 1.82) is 0 Å². The van der Waals surface area contributed by atoms with Gasteiger partial charge in [0.1, 0.15) is 0 Å². The molecule has 0 aromatic heterocycles. The Morgan fingerprint density at radius 3 is 0.914 bits per heavy atom. The Labute approximate surface area is 412 Å². The summed E-state index contributed by atoms with van der Waals surface area (Å²) in [6.07, 6.45) is 9.83. The predicted molar refractivity (Wildman–Crippen MR) is 298 cm³/mol. The van der Waals surface area contributed by atoms with Crippen LogP contribution in [0.4, 0.5) is 28.4 Å². The van der Waals surface area contributed by atoms with E-state index in [0.717, 1.165) is 46.1 Å². The lowest BCUT2D eigenvalue weighted by Gasteiger charge is -2.30. The van der Waals surface area contributed by atoms with Crippen LogP contribution in [0.15, 0.2) is 291 Å². The van der Waals surface area contributed by atoms with Gasteiger partial charge in [-0.05, 0) is 140 Å². The average molecular weight is 897 g/mol. The van der Waals surface area contributed by atoms with Crippen LogP contribution in [-0.4, -0.2) is 0 Å². The van der Waals surface area contributed by atoms with Crippen LogP contribution in [0.3, 0.4) is 0 Å². The molecule has 1 aliphatic carbocycles. The molecule has 0 spiro atoms. The van der Waals surface area contributed by atoms with Crippen molar-refractivity contribution in [3.05, 3.63) is 302 Å². The molecule has 2 nitrogen and oxygen atoms in total. The van der Waals surface area contributed by atoms with E-state index >= 15 is 0 Å². The second kappa shape index (κ2) is 20.1. The molecular weight excluding hydrogens is 845 g/mol. The first kappa shape index (κ1) is 43.6. The minimum atomic E-state index is 0.241. The van der Waals surface area contributed by atoms with Crippen molar-refractivity contribution in [3.63, 3.8) is 0 Å². The van der Waals surface area contributed by atoms with Gasteiger partial charge in [-0.3, -0.25) is 0 Å². The molecule has 0 saturated heterocycles. The summed E-state index contributed by atoms with van der Waals surface area (Å²) in [5, 5.41) is 0. The molecule has 70 heavy (non-hydrogen) atoms. The number of anilines is 5. The van der Waals surface area contributed by atoms with Gasteiger partial charge in [0.25, 0.3) is 0 Å². The second-order valence-corrected chi connectivity index (χ2v) is 17.8. The zero-order chi connectivity index (χ0) is 47.1. The van der Waals surface area contributed by atoms with E-state index in [9.17, 15) is 0 Å². The van der Waals surface area contributed by atoms with E-state index in [4.69, 9.17) is 0 Å². The standard InChI is InChI=1S/C68H52N2/c1-2-50-18-20-54(21-19-50)59-30-42-65(43-31-59)70(66-44-32-60(33-45-66)56-24-22-55(23-25-56)51-12-6-3-7-13-51)68-48-36-62(37-49-68)61-34-46-67(47-35-61)69(63-38-26-57(27-39-63)52-14-8-4-9-15-52)64-40-28-58(29-41-64)53-16-10-5-11-17-53/h2-36,38-49,62H,1,37H2. The van der Waals surface area contributed by atoms with Gasteiger partial charge in [0.15, 0.2) is 0 Å². The van der Waals surface area contributed by atoms with Gasteiger partial charge in [-0.15, -0.1) is 0 Å². The maximum Gasteiger partial charge on any atom is 0.0462 e. The molecule has 0 N–H and O–H groups in total. The lowest BCUT2D eigenvalue weighted by atomic mass is 9.91. The zero-order valence-electron chi connectivity index (χ0n) is 39.0. The first-order valence-corrected chi connectivity index (χ1v) is 24.1. The molecular formula is C68H52N2. The predicted octanol–water partition coefficient (Wildman–Crippen LogP) is 18.9. The fraction of sp³-hybridized carbons (Fsp3) is 0.0294. The largest absolute Gasteiger partial charge is 0.311 e. The van der Waals surface area contributed by atoms with E-state index < -0.39 is 0 Å². The van der Waals surface area contributed by atoms with E-state index in [1.165, 1.54) is 61.2 Å². The van der Waals surface area contributed by atoms with Gasteiger partial charge in [0.2, 0.25) is 0 Å². The Bertz CT molecular complexity index is 3290. The molecule has 1 atom stereocenters. The number of hydrogen-bond acceptors (Lipinski definition) is 2. The first-order valence-electron chi connectivity index (χ1n) is 24.1. The molecule has 1 aliphatic rings. The molecule has 2 heteroatoms. The molecule has 1 unspecified atom stereocenters. The van der Waals surface area contributed by atoms with Crippen molar-refractivity contribution < 1.29 is 0 Å². The second-order valence-electron chi connectivity index (χ2n) is 17.8. The summed E-state index contributed by atoms with van der Waals surface area (Å²) < 4.78 is 0. The topological polar surface area (TPSA) is 6.48 Å². The zero-order valence-corrected chi connectivity index (χ0v) is 39.0. The van der Waals surface area contributed by atoms with Gasteiger partial charge in [-0.2, -0.15) is 0 Å². The van der Waals surface area contributed by atoms with Gasteiger partial charge >= 0.3 is 0 Å². The Hall–Kier alpha value is -8.98. The Morgan fingerprint density at radius 2 is 0.600 bits per heavy atom. The Kier molecular flexibility index (Phi) is 12.5.